The third kappa shape index (κ3) is 4.49. The molecule has 2 aromatic heterocycles. The van der Waals surface area contributed by atoms with Crippen LogP contribution in [0.5, 0.6) is 0 Å². The smallest absolute Gasteiger partial charge is 0.254 e. The van der Waals surface area contributed by atoms with Crippen LogP contribution in [0.25, 0.3) is 5.69 Å². The number of anilines is 3. The van der Waals surface area contributed by atoms with E-state index in [9.17, 15) is 4.79 Å². The van der Waals surface area contributed by atoms with Crippen LogP contribution in [0.1, 0.15) is 36.0 Å². The van der Waals surface area contributed by atoms with Crippen LogP contribution >= 0.6 is 0 Å². The third-order valence-electron chi connectivity index (χ3n) is 4.86. The van der Waals surface area contributed by atoms with E-state index in [1.165, 1.54) is 11.0 Å². The Labute approximate surface area is 167 Å². The number of nitrogens with two attached hydrogens (primary N) is 2. The van der Waals surface area contributed by atoms with E-state index < -0.39 is 5.91 Å². The maximum Gasteiger partial charge on any atom is 0.254 e. The van der Waals surface area contributed by atoms with Gasteiger partial charge >= 0.3 is 0 Å². The summed E-state index contributed by atoms with van der Waals surface area (Å²) in [5.74, 6) is 0.158. The lowest BCUT2D eigenvalue weighted by Crippen LogP contribution is -2.35. The van der Waals surface area contributed by atoms with E-state index >= 15 is 0 Å². The van der Waals surface area contributed by atoms with Gasteiger partial charge in [0.05, 0.1) is 18.1 Å². The molecular weight excluding hydrogens is 370 g/mol. The Morgan fingerprint density at radius 3 is 2.79 bits per heavy atom. The van der Waals surface area contributed by atoms with E-state index in [1.54, 1.807) is 12.4 Å². The van der Waals surface area contributed by atoms with Gasteiger partial charge in [-0.2, -0.15) is 20.0 Å². The fourth-order valence-electron chi connectivity index (χ4n) is 3.46. The minimum absolute atomic E-state index is 0.183. The maximum atomic E-state index is 11.9. The van der Waals surface area contributed by atoms with Crippen molar-refractivity contribution in [2.24, 2.45) is 11.5 Å². The summed E-state index contributed by atoms with van der Waals surface area (Å²) in [6.45, 7) is 0. The minimum Gasteiger partial charge on any atom is -0.365 e. The lowest BCUT2D eigenvalue weighted by Gasteiger charge is -2.27. The van der Waals surface area contributed by atoms with E-state index in [2.05, 4.69) is 30.8 Å². The monoisotopic (exact) mass is 393 g/mol. The number of nitrogens with zero attached hydrogens (tertiary/aromatic N) is 5. The van der Waals surface area contributed by atoms with Gasteiger partial charge in [-0.1, -0.05) is 6.07 Å². The molecule has 3 aromatic rings. The molecule has 0 unspecified atom stereocenters. The molecule has 1 aliphatic rings. The van der Waals surface area contributed by atoms with Crippen molar-refractivity contribution in [2.45, 2.75) is 37.8 Å². The Morgan fingerprint density at radius 1 is 1.21 bits per heavy atom. The zero-order valence-electron chi connectivity index (χ0n) is 15.8. The molecule has 1 fully saturated rings. The molecule has 10 nitrogen and oxygen atoms in total. The van der Waals surface area contributed by atoms with Gasteiger partial charge in [0.1, 0.15) is 11.4 Å². The van der Waals surface area contributed by atoms with Crippen LogP contribution in [0.4, 0.5) is 17.5 Å². The van der Waals surface area contributed by atoms with E-state index in [-0.39, 0.29) is 17.6 Å². The van der Waals surface area contributed by atoms with E-state index in [0.717, 1.165) is 31.4 Å². The van der Waals surface area contributed by atoms with Gasteiger partial charge in [-0.15, -0.1) is 0 Å². The van der Waals surface area contributed by atoms with Crippen molar-refractivity contribution in [1.29, 1.82) is 0 Å². The predicted molar refractivity (Wildman–Crippen MR) is 109 cm³/mol. The Kier molecular flexibility index (Phi) is 5.34. The Bertz CT molecular complexity index is 989. The molecule has 2 heterocycles. The van der Waals surface area contributed by atoms with Crippen molar-refractivity contribution in [3.05, 3.63) is 48.4 Å². The van der Waals surface area contributed by atoms with Crippen LogP contribution in [0, 0.1) is 0 Å². The molecule has 0 spiro atoms. The summed E-state index contributed by atoms with van der Waals surface area (Å²) in [4.78, 5) is 22.1. The van der Waals surface area contributed by atoms with Crippen molar-refractivity contribution >= 4 is 23.4 Å². The number of rotatable bonds is 6. The Morgan fingerprint density at radius 2 is 2.03 bits per heavy atom. The second-order valence-electron chi connectivity index (χ2n) is 7.08. The van der Waals surface area contributed by atoms with Gasteiger partial charge in [0.15, 0.2) is 0 Å². The highest BCUT2D eigenvalue weighted by Crippen LogP contribution is 2.24. The molecule has 29 heavy (non-hydrogen) atoms. The number of carbonyl (C=O) groups excluding carboxylic acids is 1. The molecule has 1 aromatic carbocycles. The normalized spacial score (nSPS) is 18.9. The van der Waals surface area contributed by atoms with Crippen molar-refractivity contribution in [1.82, 2.24) is 25.0 Å². The standard InChI is InChI=1S/C19H23N9O/c20-12-3-1-4-13(9-12)26-19-22-11-16(17(21)29)18(27-19)25-14-5-2-6-15(10-14)28-23-7-8-24-28/h2,5-8,10-13H,1,3-4,9,20H2,(H2,21,29)(H2,22,25,26,27)/t12-,13+/m0/s1. The van der Waals surface area contributed by atoms with Gasteiger partial charge < -0.3 is 22.1 Å². The lowest BCUT2D eigenvalue weighted by molar-refractivity contribution is 0.100. The highest BCUT2D eigenvalue weighted by Gasteiger charge is 2.21. The molecular formula is C19H23N9O. The third-order valence-corrected chi connectivity index (χ3v) is 4.86. The predicted octanol–water partition coefficient (Wildman–Crippen LogP) is 1.58. The zero-order chi connectivity index (χ0) is 20.2. The Hall–Kier alpha value is -3.53. The first-order chi connectivity index (χ1) is 14.1. The number of benzene rings is 1. The van der Waals surface area contributed by atoms with Crippen LogP contribution in [0.3, 0.4) is 0 Å². The van der Waals surface area contributed by atoms with Crippen LogP contribution in [-0.4, -0.2) is 43.0 Å². The first kappa shape index (κ1) is 18.8. The largest absolute Gasteiger partial charge is 0.365 e. The summed E-state index contributed by atoms with van der Waals surface area (Å²) < 4.78 is 0. The number of primary amides is 1. The molecule has 0 aliphatic heterocycles. The molecule has 2 atom stereocenters. The molecule has 0 radical (unpaired) electrons. The number of amides is 1. The van der Waals surface area contributed by atoms with Crippen LogP contribution in [0.2, 0.25) is 0 Å². The number of hydrogen-bond acceptors (Lipinski definition) is 8. The highest BCUT2D eigenvalue weighted by molar-refractivity contribution is 5.98. The molecule has 4 rings (SSSR count). The van der Waals surface area contributed by atoms with Gasteiger partial charge in [-0.05, 0) is 43.9 Å². The summed E-state index contributed by atoms with van der Waals surface area (Å²) in [6.07, 6.45) is 8.61. The van der Waals surface area contributed by atoms with Crippen molar-refractivity contribution in [2.75, 3.05) is 10.6 Å². The second kappa shape index (κ2) is 8.23. The first-order valence-electron chi connectivity index (χ1n) is 9.51. The molecule has 1 saturated carbocycles. The molecule has 1 aliphatic carbocycles. The minimum atomic E-state index is -0.608. The van der Waals surface area contributed by atoms with Gasteiger partial charge in [0.2, 0.25) is 5.95 Å². The summed E-state index contributed by atoms with van der Waals surface area (Å²) >= 11 is 0. The average molecular weight is 393 g/mol. The maximum absolute atomic E-state index is 11.9. The zero-order valence-corrected chi connectivity index (χ0v) is 15.8. The molecule has 6 N–H and O–H groups in total. The quantitative estimate of drug-likeness (QED) is 0.493. The number of hydrogen-bond donors (Lipinski definition) is 4. The van der Waals surface area contributed by atoms with Gasteiger partial charge in [-0.25, -0.2) is 4.98 Å². The van der Waals surface area contributed by atoms with Crippen LogP contribution in [0.15, 0.2) is 42.9 Å². The van der Waals surface area contributed by atoms with Crippen LogP contribution in [-0.2, 0) is 0 Å². The van der Waals surface area contributed by atoms with Crippen molar-refractivity contribution in [3.63, 3.8) is 0 Å². The molecule has 10 heteroatoms. The van der Waals surface area contributed by atoms with Gasteiger partial charge in [0, 0.05) is 24.0 Å². The number of aromatic nitrogens is 5. The van der Waals surface area contributed by atoms with Crippen molar-refractivity contribution < 1.29 is 4.79 Å². The van der Waals surface area contributed by atoms with Gasteiger partial charge in [0.25, 0.3) is 5.91 Å². The Balaban J connectivity index is 1.58. The van der Waals surface area contributed by atoms with E-state index in [4.69, 9.17) is 11.5 Å². The number of nitrogens with one attached hydrogen (secondary N) is 2. The fraction of sp³-hybridized carbons (Fsp3) is 0.316. The second-order valence-corrected chi connectivity index (χ2v) is 7.08. The summed E-state index contributed by atoms with van der Waals surface area (Å²) in [7, 11) is 0. The molecule has 1 amide bonds. The SMILES string of the molecule is NC(=O)c1cnc(N[C@@H]2CCC[C@H](N)C2)nc1Nc1cccc(-n2nccn2)c1. The van der Waals surface area contributed by atoms with E-state index in [1.807, 2.05) is 24.3 Å². The fourth-order valence-corrected chi connectivity index (χ4v) is 3.46. The van der Waals surface area contributed by atoms with Gasteiger partial charge in [-0.3, -0.25) is 4.79 Å². The first-order valence-corrected chi connectivity index (χ1v) is 9.51. The number of carbonyl (C=O) groups is 1. The van der Waals surface area contributed by atoms with Crippen molar-refractivity contribution in [3.8, 4) is 5.69 Å². The summed E-state index contributed by atoms with van der Waals surface area (Å²) in [5, 5.41) is 14.7. The van der Waals surface area contributed by atoms with Crippen LogP contribution < -0.4 is 22.1 Å². The topological polar surface area (TPSA) is 150 Å². The summed E-state index contributed by atoms with van der Waals surface area (Å²) in [5.41, 5.74) is 13.3. The molecule has 0 bridgehead atoms. The summed E-state index contributed by atoms with van der Waals surface area (Å²) in [6, 6.07) is 7.82. The highest BCUT2D eigenvalue weighted by atomic mass is 16.1. The average Bonchev–Trinajstić information content (AvgIpc) is 3.23. The van der Waals surface area contributed by atoms with E-state index in [0.29, 0.717) is 17.5 Å². The molecule has 150 valence electrons. The lowest BCUT2D eigenvalue weighted by atomic mass is 9.92. The molecule has 0 saturated heterocycles.